The van der Waals surface area contributed by atoms with Crippen molar-refractivity contribution in [2.24, 2.45) is 13.0 Å². The molecule has 0 radical (unpaired) electrons. The van der Waals surface area contributed by atoms with Crippen molar-refractivity contribution < 1.29 is 9.18 Å². The van der Waals surface area contributed by atoms with Crippen LogP contribution in [0.25, 0.3) is 27.9 Å². The van der Waals surface area contributed by atoms with Crippen molar-refractivity contribution in [3.05, 3.63) is 69.4 Å². The molecular weight excluding hydrogens is 495 g/mol. The number of aromatic amines is 1. The number of piperazine rings is 1. The number of anilines is 2. The Labute approximate surface area is 227 Å². The second-order valence-corrected chi connectivity index (χ2v) is 10.6. The van der Waals surface area contributed by atoms with Gasteiger partial charge in [0.05, 0.1) is 16.4 Å². The number of aromatic nitrogens is 3. The van der Waals surface area contributed by atoms with E-state index in [0.29, 0.717) is 16.9 Å². The van der Waals surface area contributed by atoms with Gasteiger partial charge in [0.25, 0.3) is 5.56 Å². The zero-order valence-corrected chi connectivity index (χ0v) is 23.1. The minimum Gasteiger partial charge on any atom is -0.340 e. The summed E-state index contributed by atoms with van der Waals surface area (Å²) >= 11 is 0. The summed E-state index contributed by atoms with van der Waals surface area (Å²) in [7, 11) is 1.87. The molecule has 0 spiro atoms. The fourth-order valence-corrected chi connectivity index (χ4v) is 5.27. The zero-order valence-electron chi connectivity index (χ0n) is 23.1. The lowest BCUT2D eigenvalue weighted by atomic mass is 10.0. The van der Waals surface area contributed by atoms with E-state index in [1.807, 2.05) is 62.4 Å². The van der Waals surface area contributed by atoms with Gasteiger partial charge in [0.1, 0.15) is 5.82 Å². The van der Waals surface area contributed by atoms with Crippen molar-refractivity contribution in [2.45, 2.75) is 27.7 Å². The molecule has 0 saturated carbocycles. The van der Waals surface area contributed by atoms with Crippen molar-refractivity contribution >= 4 is 45.4 Å². The van der Waals surface area contributed by atoms with Crippen molar-refractivity contribution in [1.29, 1.82) is 0 Å². The third kappa shape index (κ3) is 5.18. The number of imidazole rings is 1. The minimum absolute atomic E-state index is 0.0265. The van der Waals surface area contributed by atoms with E-state index >= 15 is 0 Å². The van der Waals surface area contributed by atoms with E-state index in [-0.39, 0.29) is 23.2 Å². The van der Waals surface area contributed by atoms with Crippen molar-refractivity contribution in [1.82, 2.24) is 24.3 Å². The van der Waals surface area contributed by atoms with Gasteiger partial charge < -0.3 is 19.8 Å². The highest BCUT2D eigenvalue weighted by Crippen LogP contribution is 2.30. The van der Waals surface area contributed by atoms with Crippen LogP contribution in [0.3, 0.4) is 0 Å². The SMILES string of the molecule is Cc1cc(F)ccc1Nc1nc2ccc3c(C)c(C=CCN4CCN(C(=O)C(C)C)CC4)[nH]c(=O)c3c2n1C. The molecule has 4 aromatic rings. The second-order valence-electron chi connectivity index (χ2n) is 10.6. The van der Waals surface area contributed by atoms with Gasteiger partial charge in [-0.2, -0.15) is 0 Å². The fourth-order valence-electron chi connectivity index (χ4n) is 5.27. The maximum Gasteiger partial charge on any atom is 0.258 e. The summed E-state index contributed by atoms with van der Waals surface area (Å²) in [6, 6.07) is 8.44. The molecule has 204 valence electrons. The van der Waals surface area contributed by atoms with Crippen LogP contribution in [-0.4, -0.2) is 63.0 Å². The molecule has 0 unspecified atom stereocenters. The highest BCUT2D eigenvalue weighted by molar-refractivity contribution is 6.06. The predicted molar refractivity (Wildman–Crippen MR) is 155 cm³/mol. The van der Waals surface area contributed by atoms with Crippen LogP contribution in [0.15, 0.2) is 41.2 Å². The largest absolute Gasteiger partial charge is 0.340 e. The number of hydrogen-bond donors (Lipinski definition) is 2. The number of rotatable bonds is 6. The van der Waals surface area contributed by atoms with E-state index in [1.165, 1.54) is 12.1 Å². The number of halogens is 1. The molecule has 0 bridgehead atoms. The molecule has 1 amide bonds. The molecule has 0 atom stereocenters. The Morgan fingerprint density at radius 2 is 1.90 bits per heavy atom. The summed E-state index contributed by atoms with van der Waals surface area (Å²) in [4.78, 5) is 37.6. The van der Waals surface area contributed by atoms with E-state index in [9.17, 15) is 14.0 Å². The van der Waals surface area contributed by atoms with Gasteiger partial charge in [-0.05, 0) is 60.7 Å². The molecule has 5 rings (SSSR count). The number of aryl methyl sites for hydroxylation is 3. The Hall–Kier alpha value is -3.98. The first-order valence-corrected chi connectivity index (χ1v) is 13.4. The molecule has 8 nitrogen and oxygen atoms in total. The summed E-state index contributed by atoms with van der Waals surface area (Å²) in [6.45, 7) is 11.6. The minimum atomic E-state index is -0.290. The lowest BCUT2D eigenvalue weighted by Crippen LogP contribution is -2.49. The number of benzene rings is 2. The first-order chi connectivity index (χ1) is 18.6. The van der Waals surface area contributed by atoms with Crippen LogP contribution in [0.5, 0.6) is 0 Å². The third-order valence-electron chi connectivity index (χ3n) is 7.58. The van der Waals surface area contributed by atoms with Crippen molar-refractivity contribution in [3.63, 3.8) is 0 Å². The number of fused-ring (bicyclic) bond motifs is 3. The Morgan fingerprint density at radius 3 is 2.59 bits per heavy atom. The van der Waals surface area contributed by atoms with E-state index in [2.05, 4.69) is 21.3 Å². The number of nitrogens with zero attached hydrogens (tertiary/aromatic N) is 4. The average molecular weight is 531 g/mol. The molecule has 39 heavy (non-hydrogen) atoms. The van der Waals surface area contributed by atoms with Crippen molar-refractivity contribution in [3.8, 4) is 0 Å². The number of amides is 1. The molecule has 1 aliphatic heterocycles. The van der Waals surface area contributed by atoms with Gasteiger partial charge in [-0.1, -0.05) is 26.0 Å². The van der Waals surface area contributed by atoms with E-state index in [1.54, 1.807) is 6.07 Å². The fraction of sp³-hybridized carbons (Fsp3) is 0.367. The van der Waals surface area contributed by atoms with Crippen LogP contribution in [0.4, 0.5) is 16.0 Å². The molecular formula is C30H35FN6O2. The highest BCUT2D eigenvalue weighted by atomic mass is 19.1. The zero-order chi connectivity index (χ0) is 27.8. The summed E-state index contributed by atoms with van der Waals surface area (Å²) in [5, 5.41) is 4.74. The quantitative estimate of drug-likeness (QED) is 0.377. The lowest BCUT2D eigenvalue weighted by Gasteiger charge is -2.35. The maximum absolute atomic E-state index is 13.6. The third-order valence-corrected chi connectivity index (χ3v) is 7.58. The highest BCUT2D eigenvalue weighted by Gasteiger charge is 2.22. The predicted octanol–water partition coefficient (Wildman–Crippen LogP) is 4.73. The van der Waals surface area contributed by atoms with Crippen LogP contribution in [-0.2, 0) is 11.8 Å². The Balaban J connectivity index is 1.38. The summed E-state index contributed by atoms with van der Waals surface area (Å²) in [5.41, 5.74) is 4.56. The summed E-state index contributed by atoms with van der Waals surface area (Å²) in [6.07, 6.45) is 4.04. The van der Waals surface area contributed by atoms with Gasteiger partial charge in [-0.3, -0.25) is 14.5 Å². The van der Waals surface area contributed by atoms with E-state index in [0.717, 1.165) is 66.1 Å². The molecule has 1 saturated heterocycles. The number of nitrogens with one attached hydrogen (secondary N) is 2. The summed E-state index contributed by atoms with van der Waals surface area (Å²) in [5.74, 6) is 0.522. The van der Waals surface area contributed by atoms with Gasteiger partial charge in [-0.15, -0.1) is 0 Å². The Morgan fingerprint density at radius 1 is 1.15 bits per heavy atom. The molecule has 2 aromatic carbocycles. The van der Waals surface area contributed by atoms with Crippen LogP contribution >= 0.6 is 0 Å². The lowest BCUT2D eigenvalue weighted by molar-refractivity contribution is -0.136. The second kappa shape index (κ2) is 10.6. The molecule has 2 N–H and O–H groups in total. The molecule has 9 heteroatoms. The number of carbonyl (C=O) groups is 1. The Bertz CT molecular complexity index is 1640. The van der Waals surface area contributed by atoms with Crippen LogP contribution < -0.4 is 10.9 Å². The number of pyridine rings is 1. The standard InChI is InChI=1S/C30H35FN6O2/c1-18(2)29(39)37-15-13-36(14-16-37)12-6-7-24-20(4)22-9-11-25-27(26(22)28(38)32-24)35(5)30(34-25)33-23-10-8-21(31)17-19(23)3/h6-11,17-18H,12-16H2,1-5H3,(H,32,38)(H,33,34). The molecule has 1 fully saturated rings. The van der Waals surface area contributed by atoms with E-state index in [4.69, 9.17) is 4.98 Å². The van der Waals surface area contributed by atoms with Gasteiger partial charge in [0.15, 0.2) is 0 Å². The maximum atomic E-state index is 13.6. The Kier molecular flexibility index (Phi) is 7.27. The summed E-state index contributed by atoms with van der Waals surface area (Å²) < 4.78 is 15.4. The smallest absolute Gasteiger partial charge is 0.258 e. The number of carbonyl (C=O) groups excluding carboxylic acids is 1. The van der Waals surface area contributed by atoms with Gasteiger partial charge in [0, 0.05) is 57.1 Å². The molecule has 2 aromatic heterocycles. The molecule has 3 heterocycles. The van der Waals surface area contributed by atoms with Crippen LogP contribution in [0, 0.1) is 25.6 Å². The van der Waals surface area contributed by atoms with Crippen LogP contribution in [0.2, 0.25) is 0 Å². The van der Waals surface area contributed by atoms with Gasteiger partial charge in [0.2, 0.25) is 11.9 Å². The van der Waals surface area contributed by atoms with Gasteiger partial charge in [-0.25, -0.2) is 9.37 Å². The molecule has 1 aliphatic rings. The average Bonchev–Trinajstić information content (AvgIpc) is 3.23. The number of hydrogen-bond acceptors (Lipinski definition) is 5. The topological polar surface area (TPSA) is 86.3 Å². The first-order valence-electron chi connectivity index (χ1n) is 13.4. The van der Waals surface area contributed by atoms with E-state index < -0.39 is 0 Å². The van der Waals surface area contributed by atoms with Crippen molar-refractivity contribution in [2.75, 3.05) is 38.0 Å². The van der Waals surface area contributed by atoms with Crippen LogP contribution in [0.1, 0.15) is 30.7 Å². The monoisotopic (exact) mass is 530 g/mol. The normalized spacial score (nSPS) is 14.8. The number of H-pyrrole nitrogens is 1. The molecule has 0 aliphatic carbocycles. The van der Waals surface area contributed by atoms with Gasteiger partial charge >= 0.3 is 0 Å². The first kappa shape index (κ1) is 26.6.